The molecule has 1 saturated carbocycles. The number of unbranched alkanes of at least 4 members (excludes halogenated alkanes) is 1. The highest BCUT2D eigenvalue weighted by molar-refractivity contribution is 5.71. The normalized spacial score (nSPS) is 18.6. The number of hydrogen-bond acceptors (Lipinski definition) is 1. The maximum atomic E-state index is 2.53. The van der Waals surface area contributed by atoms with E-state index in [4.69, 9.17) is 0 Å². The van der Waals surface area contributed by atoms with E-state index in [-0.39, 0.29) is 0 Å². The first-order valence-corrected chi connectivity index (χ1v) is 10.9. The number of hydrogen-bond donors (Lipinski definition) is 0. The molecule has 1 heteroatoms. The molecule has 0 amide bonds. The van der Waals surface area contributed by atoms with E-state index in [0.717, 1.165) is 11.8 Å². The van der Waals surface area contributed by atoms with Crippen LogP contribution in [-0.2, 0) is 6.42 Å². The standard InChI is InChI=1S/C26H37N/c1-7-9-11-21-12-13-25(24(16-21)23-17-22(23)10-8-2)27(6)26-15-18(3)14-19(4)20(26)5/h12-16,22-23H,7-11,17H2,1-6H3. The van der Waals surface area contributed by atoms with Gasteiger partial charge in [0.25, 0.3) is 0 Å². The van der Waals surface area contributed by atoms with Crippen molar-refractivity contribution in [3.8, 4) is 0 Å². The van der Waals surface area contributed by atoms with E-state index in [1.807, 2.05) is 0 Å². The van der Waals surface area contributed by atoms with Gasteiger partial charge < -0.3 is 4.90 Å². The van der Waals surface area contributed by atoms with Crippen LogP contribution in [0, 0.1) is 26.7 Å². The van der Waals surface area contributed by atoms with E-state index in [1.54, 1.807) is 5.56 Å². The Kier molecular flexibility index (Phi) is 6.29. The van der Waals surface area contributed by atoms with Crippen molar-refractivity contribution in [1.82, 2.24) is 0 Å². The number of anilines is 2. The molecule has 0 aliphatic heterocycles. The quantitative estimate of drug-likeness (QED) is 0.466. The van der Waals surface area contributed by atoms with Crippen LogP contribution in [0.3, 0.4) is 0 Å². The minimum atomic E-state index is 0.759. The molecule has 146 valence electrons. The first kappa shape index (κ1) is 20.0. The second-order valence-corrected chi connectivity index (χ2v) is 8.67. The molecule has 27 heavy (non-hydrogen) atoms. The van der Waals surface area contributed by atoms with Crippen molar-refractivity contribution in [2.45, 2.75) is 79.1 Å². The summed E-state index contributed by atoms with van der Waals surface area (Å²) in [6.45, 7) is 11.3. The molecule has 2 atom stereocenters. The Morgan fingerprint density at radius 3 is 2.44 bits per heavy atom. The lowest BCUT2D eigenvalue weighted by Crippen LogP contribution is -2.14. The molecule has 1 aliphatic rings. The van der Waals surface area contributed by atoms with Gasteiger partial charge in [0, 0.05) is 18.4 Å². The fourth-order valence-corrected chi connectivity index (χ4v) is 4.56. The lowest BCUT2D eigenvalue weighted by atomic mass is 9.97. The van der Waals surface area contributed by atoms with Gasteiger partial charge in [-0.15, -0.1) is 0 Å². The van der Waals surface area contributed by atoms with Gasteiger partial charge in [0.2, 0.25) is 0 Å². The van der Waals surface area contributed by atoms with Crippen molar-refractivity contribution in [2.24, 2.45) is 5.92 Å². The molecule has 0 heterocycles. The van der Waals surface area contributed by atoms with Gasteiger partial charge in [-0.25, -0.2) is 0 Å². The Morgan fingerprint density at radius 1 is 0.963 bits per heavy atom. The molecule has 0 N–H and O–H groups in total. The minimum Gasteiger partial charge on any atom is -0.344 e. The maximum absolute atomic E-state index is 2.53. The zero-order valence-electron chi connectivity index (χ0n) is 18.2. The molecule has 3 rings (SSSR count). The largest absolute Gasteiger partial charge is 0.344 e. The number of rotatable bonds is 8. The number of benzene rings is 2. The molecule has 2 unspecified atom stereocenters. The maximum Gasteiger partial charge on any atom is 0.0443 e. The van der Waals surface area contributed by atoms with E-state index < -0.39 is 0 Å². The lowest BCUT2D eigenvalue weighted by molar-refractivity contribution is 0.686. The minimum absolute atomic E-state index is 0.759. The third-order valence-electron chi connectivity index (χ3n) is 6.40. The zero-order chi connectivity index (χ0) is 19.6. The van der Waals surface area contributed by atoms with Gasteiger partial charge >= 0.3 is 0 Å². The molecule has 0 spiro atoms. The molecular formula is C26H37N. The van der Waals surface area contributed by atoms with Crippen LogP contribution in [0.1, 0.15) is 79.7 Å². The third kappa shape index (κ3) is 4.39. The van der Waals surface area contributed by atoms with Gasteiger partial charge in [0.05, 0.1) is 0 Å². The first-order valence-electron chi connectivity index (χ1n) is 10.9. The van der Waals surface area contributed by atoms with Crippen molar-refractivity contribution >= 4 is 11.4 Å². The number of nitrogens with zero attached hydrogens (tertiary/aromatic N) is 1. The predicted octanol–water partition coefficient (Wildman–Crippen LogP) is 7.63. The Hall–Kier alpha value is -1.76. The predicted molar refractivity (Wildman–Crippen MR) is 120 cm³/mol. The van der Waals surface area contributed by atoms with E-state index in [9.17, 15) is 0 Å². The summed E-state index contributed by atoms with van der Waals surface area (Å²) < 4.78 is 0. The van der Waals surface area contributed by atoms with Crippen LogP contribution < -0.4 is 4.90 Å². The molecule has 1 fully saturated rings. The second kappa shape index (κ2) is 8.50. The summed E-state index contributed by atoms with van der Waals surface area (Å²) in [5.74, 6) is 1.65. The van der Waals surface area contributed by atoms with Crippen molar-refractivity contribution in [3.05, 3.63) is 58.1 Å². The molecule has 0 aromatic heterocycles. The van der Waals surface area contributed by atoms with Gasteiger partial charge in [0.1, 0.15) is 0 Å². The summed E-state index contributed by atoms with van der Waals surface area (Å²) in [4.78, 5) is 2.44. The van der Waals surface area contributed by atoms with Crippen LogP contribution in [-0.4, -0.2) is 7.05 Å². The summed E-state index contributed by atoms with van der Waals surface area (Å²) >= 11 is 0. The van der Waals surface area contributed by atoms with Crippen LogP contribution in [0.25, 0.3) is 0 Å². The highest BCUT2D eigenvalue weighted by atomic mass is 15.1. The van der Waals surface area contributed by atoms with Gasteiger partial charge in [-0.3, -0.25) is 0 Å². The topological polar surface area (TPSA) is 3.24 Å². The van der Waals surface area contributed by atoms with E-state index >= 15 is 0 Å². The Labute approximate surface area is 166 Å². The SMILES string of the molecule is CCCCc1ccc(N(C)c2cc(C)cc(C)c2C)c(C2CC2CCC)c1. The Bertz CT molecular complexity index is 789. The van der Waals surface area contributed by atoms with Crippen molar-refractivity contribution < 1.29 is 0 Å². The van der Waals surface area contributed by atoms with Crippen LogP contribution >= 0.6 is 0 Å². The molecule has 0 bridgehead atoms. The van der Waals surface area contributed by atoms with Gasteiger partial charge in [-0.05, 0) is 91.8 Å². The van der Waals surface area contributed by atoms with Gasteiger partial charge in [-0.1, -0.05) is 51.3 Å². The fourth-order valence-electron chi connectivity index (χ4n) is 4.56. The van der Waals surface area contributed by atoms with Crippen LogP contribution in [0.4, 0.5) is 11.4 Å². The highest BCUT2D eigenvalue weighted by Gasteiger charge is 2.39. The van der Waals surface area contributed by atoms with Gasteiger partial charge in [-0.2, -0.15) is 0 Å². The van der Waals surface area contributed by atoms with Crippen molar-refractivity contribution in [2.75, 3.05) is 11.9 Å². The monoisotopic (exact) mass is 363 g/mol. The smallest absolute Gasteiger partial charge is 0.0443 e. The average molecular weight is 364 g/mol. The molecular weight excluding hydrogens is 326 g/mol. The molecule has 2 aromatic rings. The summed E-state index contributed by atoms with van der Waals surface area (Å²) in [5, 5.41) is 0. The average Bonchev–Trinajstić information content (AvgIpc) is 3.41. The first-order chi connectivity index (χ1) is 13.0. The summed E-state index contributed by atoms with van der Waals surface area (Å²) in [6, 6.07) is 11.9. The summed E-state index contributed by atoms with van der Waals surface area (Å²) in [5.41, 5.74) is 9.98. The third-order valence-corrected chi connectivity index (χ3v) is 6.40. The van der Waals surface area contributed by atoms with E-state index in [1.165, 1.54) is 72.2 Å². The summed E-state index contributed by atoms with van der Waals surface area (Å²) in [7, 11) is 2.25. The zero-order valence-corrected chi connectivity index (χ0v) is 18.2. The van der Waals surface area contributed by atoms with E-state index in [2.05, 4.69) is 76.9 Å². The van der Waals surface area contributed by atoms with Crippen molar-refractivity contribution in [3.63, 3.8) is 0 Å². The molecule has 0 radical (unpaired) electrons. The molecule has 0 saturated heterocycles. The Morgan fingerprint density at radius 2 is 1.74 bits per heavy atom. The fraction of sp³-hybridized carbons (Fsp3) is 0.538. The Balaban J connectivity index is 1.98. The highest BCUT2D eigenvalue weighted by Crippen LogP contribution is 2.53. The van der Waals surface area contributed by atoms with E-state index in [0.29, 0.717) is 0 Å². The van der Waals surface area contributed by atoms with Gasteiger partial charge in [0.15, 0.2) is 0 Å². The molecule has 2 aromatic carbocycles. The molecule has 1 aliphatic carbocycles. The van der Waals surface area contributed by atoms with Crippen LogP contribution in [0.15, 0.2) is 30.3 Å². The summed E-state index contributed by atoms with van der Waals surface area (Å²) in [6.07, 6.45) is 7.81. The number of aryl methyl sites for hydroxylation is 3. The van der Waals surface area contributed by atoms with Crippen LogP contribution in [0.2, 0.25) is 0 Å². The van der Waals surface area contributed by atoms with Crippen LogP contribution in [0.5, 0.6) is 0 Å². The molecule has 1 nitrogen and oxygen atoms in total. The lowest BCUT2D eigenvalue weighted by Gasteiger charge is -2.26. The second-order valence-electron chi connectivity index (χ2n) is 8.67. The van der Waals surface area contributed by atoms with Crippen molar-refractivity contribution in [1.29, 1.82) is 0 Å².